The van der Waals surface area contributed by atoms with Crippen molar-refractivity contribution in [2.75, 3.05) is 11.7 Å². The molecule has 0 fully saturated rings. The van der Waals surface area contributed by atoms with Gasteiger partial charge in [-0.25, -0.2) is 4.79 Å². The number of benzene rings is 2. The lowest BCUT2D eigenvalue weighted by molar-refractivity contribution is 0.0621. The highest BCUT2D eigenvalue weighted by Crippen LogP contribution is 2.39. The maximum Gasteiger partial charge on any atom is 0.335 e. The van der Waals surface area contributed by atoms with Gasteiger partial charge in [0.05, 0.1) is 11.6 Å². The number of rotatable bonds is 3. The van der Waals surface area contributed by atoms with Gasteiger partial charge in [-0.15, -0.1) is 0 Å². The van der Waals surface area contributed by atoms with Crippen molar-refractivity contribution in [3.63, 3.8) is 0 Å². The standard InChI is InChI=1S/C26H25N3O5/c1-15(2)27-14-29(28-13-12-21(30)24(31)23(28)25(27)32)22-17-7-4-3-6-16(17)10-11-18-19(22)8-5-9-20(18)26(33)34/h3-9,12-13,15,22,31H,10-11,14H2,1-2H3,(H,33,34). The van der Waals surface area contributed by atoms with Gasteiger partial charge in [-0.05, 0) is 55.0 Å². The summed E-state index contributed by atoms with van der Waals surface area (Å²) < 4.78 is 1.54. The van der Waals surface area contributed by atoms with Gasteiger partial charge in [-0.1, -0.05) is 36.4 Å². The molecule has 0 radical (unpaired) electrons. The van der Waals surface area contributed by atoms with E-state index < -0.39 is 29.1 Å². The largest absolute Gasteiger partial charge is 0.502 e. The van der Waals surface area contributed by atoms with Gasteiger partial charge in [0.25, 0.3) is 5.91 Å². The predicted molar refractivity (Wildman–Crippen MR) is 126 cm³/mol. The number of aromatic hydroxyl groups is 1. The van der Waals surface area contributed by atoms with E-state index in [0.29, 0.717) is 12.8 Å². The third-order valence-electron chi connectivity index (χ3n) is 6.74. The van der Waals surface area contributed by atoms with Crippen LogP contribution in [0.3, 0.4) is 0 Å². The first-order valence-corrected chi connectivity index (χ1v) is 11.2. The number of pyridine rings is 1. The fraction of sp³-hybridized carbons (Fsp3) is 0.269. The molecule has 0 spiro atoms. The smallest absolute Gasteiger partial charge is 0.335 e. The summed E-state index contributed by atoms with van der Waals surface area (Å²) in [5.41, 5.74) is 3.19. The van der Waals surface area contributed by atoms with Crippen LogP contribution in [-0.4, -0.2) is 44.4 Å². The van der Waals surface area contributed by atoms with Gasteiger partial charge < -0.3 is 15.1 Å². The van der Waals surface area contributed by atoms with Crippen molar-refractivity contribution in [1.29, 1.82) is 0 Å². The van der Waals surface area contributed by atoms with Crippen LogP contribution in [-0.2, 0) is 12.8 Å². The predicted octanol–water partition coefficient (Wildman–Crippen LogP) is 2.90. The van der Waals surface area contributed by atoms with Gasteiger partial charge in [-0.2, -0.15) is 0 Å². The number of aromatic carboxylic acids is 1. The number of amides is 1. The Morgan fingerprint density at radius 1 is 1.00 bits per heavy atom. The van der Waals surface area contributed by atoms with Crippen molar-refractivity contribution in [3.8, 4) is 5.75 Å². The molecule has 0 bridgehead atoms. The lowest BCUT2D eigenvalue weighted by atomic mass is 9.91. The second kappa shape index (κ2) is 8.06. The van der Waals surface area contributed by atoms with E-state index in [2.05, 4.69) is 0 Å². The Morgan fingerprint density at radius 3 is 2.47 bits per heavy atom. The molecule has 1 aliphatic heterocycles. The highest BCUT2D eigenvalue weighted by Gasteiger charge is 2.39. The van der Waals surface area contributed by atoms with Crippen LogP contribution in [0.2, 0.25) is 0 Å². The first-order chi connectivity index (χ1) is 16.3. The van der Waals surface area contributed by atoms with Gasteiger partial charge in [0.15, 0.2) is 11.4 Å². The number of carboxylic acid groups (broad SMARTS) is 1. The summed E-state index contributed by atoms with van der Waals surface area (Å²) in [6.07, 6.45) is 2.74. The molecule has 0 saturated carbocycles. The van der Waals surface area contributed by atoms with Crippen LogP contribution in [0.1, 0.15) is 63.0 Å². The van der Waals surface area contributed by atoms with Crippen LogP contribution < -0.4 is 10.4 Å². The van der Waals surface area contributed by atoms with E-state index in [1.165, 1.54) is 12.3 Å². The lowest BCUT2D eigenvalue weighted by Gasteiger charge is -2.45. The fourth-order valence-electron chi connectivity index (χ4n) is 5.08. The van der Waals surface area contributed by atoms with Gasteiger partial charge in [-0.3, -0.25) is 19.3 Å². The van der Waals surface area contributed by atoms with Crippen molar-refractivity contribution in [3.05, 3.63) is 98.5 Å². The molecule has 174 valence electrons. The van der Waals surface area contributed by atoms with E-state index in [1.54, 1.807) is 21.7 Å². The number of carboxylic acids is 1. The normalized spacial score (nSPS) is 17.1. The first-order valence-electron chi connectivity index (χ1n) is 11.2. The minimum absolute atomic E-state index is 0.0925. The summed E-state index contributed by atoms with van der Waals surface area (Å²) in [6, 6.07) is 13.8. The van der Waals surface area contributed by atoms with Crippen molar-refractivity contribution < 1.29 is 19.8 Å². The van der Waals surface area contributed by atoms with E-state index in [9.17, 15) is 24.6 Å². The lowest BCUT2D eigenvalue weighted by Crippen LogP contribution is -2.57. The van der Waals surface area contributed by atoms with Gasteiger partial charge in [0, 0.05) is 18.3 Å². The average molecular weight is 460 g/mol. The topological polar surface area (TPSA) is 103 Å². The molecule has 3 aromatic rings. The summed E-state index contributed by atoms with van der Waals surface area (Å²) in [7, 11) is 0. The Hall–Kier alpha value is -4.07. The van der Waals surface area contributed by atoms with Crippen molar-refractivity contribution in [2.45, 2.75) is 38.8 Å². The zero-order valence-electron chi connectivity index (χ0n) is 18.9. The molecule has 1 atom stereocenters. The van der Waals surface area contributed by atoms with Crippen LogP contribution in [0.15, 0.2) is 59.5 Å². The Morgan fingerprint density at radius 2 is 1.74 bits per heavy atom. The average Bonchev–Trinajstić information content (AvgIpc) is 2.98. The quantitative estimate of drug-likeness (QED) is 0.624. The number of hydrogen-bond donors (Lipinski definition) is 2. The molecule has 8 heteroatoms. The van der Waals surface area contributed by atoms with Crippen LogP contribution >= 0.6 is 0 Å². The first kappa shape index (κ1) is 21.8. The zero-order chi connectivity index (χ0) is 24.1. The van der Waals surface area contributed by atoms with Gasteiger partial charge in [0.2, 0.25) is 5.43 Å². The third-order valence-corrected chi connectivity index (χ3v) is 6.74. The minimum atomic E-state index is -0.985. The fourth-order valence-corrected chi connectivity index (χ4v) is 5.08. The molecule has 8 nitrogen and oxygen atoms in total. The molecular weight excluding hydrogens is 434 g/mol. The third kappa shape index (κ3) is 3.25. The van der Waals surface area contributed by atoms with Crippen LogP contribution in [0.5, 0.6) is 5.75 Å². The van der Waals surface area contributed by atoms with E-state index in [-0.39, 0.29) is 24.0 Å². The van der Waals surface area contributed by atoms with Crippen LogP contribution in [0.4, 0.5) is 0 Å². The molecular formula is C26H25N3O5. The van der Waals surface area contributed by atoms with Gasteiger partial charge >= 0.3 is 5.97 Å². The molecule has 2 heterocycles. The van der Waals surface area contributed by atoms with E-state index in [4.69, 9.17) is 0 Å². The van der Waals surface area contributed by atoms with E-state index >= 15 is 0 Å². The Kier molecular flexibility index (Phi) is 5.16. The molecule has 2 aromatic carbocycles. The number of fused-ring (bicyclic) bond motifs is 3. The van der Waals surface area contributed by atoms with Crippen LogP contribution in [0.25, 0.3) is 0 Å². The van der Waals surface area contributed by atoms with Crippen molar-refractivity contribution in [2.24, 2.45) is 0 Å². The Balaban J connectivity index is 1.82. The zero-order valence-corrected chi connectivity index (χ0v) is 18.9. The second-order valence-electron chi connectivity index (χ2n) is 8.95. The molecule has 1 unspecified atom stereocenters. The monoisotopic (exact) mass is 459 g/mol. The summed E-state index contributed by atoms with van der Waals surface area (Å²) in [5, 5.41) is 22.4. The molecule has 34 heavy (non-hydrogen) atoms. The summed E-state index contributed by atoms with van der Waals surface area (Å²) in [5.74, 6) is -2.01. The summed E-state index contributed by atoms with van der Waals surface area (Å²) >= 11 is 0. The number of hydrogen-bond acceptors (Lipinski definition) is 5. The van der Waals surface area contributed by atoms with Crippen molar-refractivity contribution >= 4 is 11.9 Å². The Labute approximate surface area is 196 Å². The Bertz CT molecular complexity index is 1380. The van der Waals surface area contributed by atoms with E-state index in [1.807, 2.05) is 49.2 Å². The summed E-state index contributed by atoms with van der Waals surface area (Å²) in [6.45, 7) is 3.95. The molecule has 1 aliphatic carbocycles. The molecule has 1 aromatic heterocycles. The molecule has 1 amide bonds. The number of aromatic nitrogens is 1. The summed E-state index contributed by atoms with van der Waals surface area (Å²) in [4.78, 5) is 39.2. The molecule has 2 N–H and O–H groups in total. The number of nitrogens with zero attached hydrogens (tertiary/aromatic N) is 3. The number of carbonyl (C=O) groups is 2. The minimum Gasteiger partial charge on any atom is -0.502 e. The van der Waals surface area contributed by atoms with Crippen LogP contribution in [0, 0.1) is 0 Å². The number of aryl methyl sites for hydroxylation is 1. The highest BCUT2D eigenvalue weighted by molar-refractivity contribution is 5.96. The molecule has 0 saturated heterocycles. The SMILES string of the molecule is CC(C)N1CN(C2c3ccccc3CCc3c(C(=O)O)cccc32)n2ccc(=O)c(O)c2C1=O. The number of carbonyl (C=O) groups excluding carboxylic acids is 1. The second-order valence-corrected chi connectivity index (χ2v) is 8.95. The van der Waals surface area contributed by atoms with Crippen molar-refractivity contribution in [1.82, 2.24) is 9.58 Å². The van der Waals surface area contributed by atoms with Gasteiger partial charge in [0.1, 0.15) is 6.67 Å². The maximum absolute atomic E-state index is 13.3. The maximum atomic E-state index is 13.3. The highest BCUT2D eigenvalue weighted by atomic mass is 16.4. The molecule has 2 aliphatic rings. The van der Waals surface area contributed by atoms with E-state index in [0.717, 1.165) is 22.3 Å². The molecule has 5 rings (SSSR count).